The summed E-state index contributed by atoms with van der Waals surface area (Å²) in [6.07, 6.45) is -0.603. The van der Waals surface area contributed by atoms with E-state index < -0.39 is 6.10 Å². The summed E-state index contributed by atoms with van der Waals surface area (Å²) in [5, 5.41) is 3.48. The third-order valence-corrected chi connectivity index (χ3v) is 3.88. The van der Waals surface area contributed by atoms with E-state index in [0.717, 1.165) is 15.7 Å². The summed E-state index contributed by atoms with van der Waals surface area (Å²) in [7, 11) is 0. The average molecular weight is 369 g/mol. The monoisotopic (exact) mass is 367 g/mol. The normalized spacial score (nSPS) is 11.8. The Labute approximate surface area is 137 Å². The van der Waals surface area contributed by atoms with Gasteiger partial charge >= 0.3 is 0 Å². The van der Waals surface area contributed by atoms with E-state index in [9.17, 15) is 4.79 Å². The lowest BCUT2D eigenvalue weighted by Crippen LogP contribution is -2.30. The molecule has 1 unspecified atom stereocenters. The molecule has 0 saturated heterocycles. The van der Waals surface area contributed by atoms with Crippen molar-refractivity contribution in [1.82, 2.24) is 0 Å². The second kappa shape index (κ2) is 6.96. The van der Waals surface area contributed by atoms with E-state index in [1.807, 2.05) is 37.3 Å². The number of ether oxygens (including phenoxy) is 1. The smallest absolute Gasteiger partial charge is 0.265 e. The van der Waals surface area contributed by atoms with Crippen molar-refractivity contribution in [2.75, 3.05) is 5.32 Å². The van der Waals surface area contributed by atoms with Gasteiger partial charge in [0.05, 0.1) is 0 Å². The predicted octanol–water partition coefficient (Wildman–Crippen LogP) is 4.82. The number of rotatable bonds is 4. The highest BCUT2D eigenvalue weighted by atomic mass is 79.9. The molecule has 1 amide bonds. The van der Waals surface area contributed by atoms with E-state index in [1.165, 1.54) is 0 Å². The van der Waals surface area contributed by atoms with Gasteiger partial charge in [-0.05, 0) is 61.9 Å². The van der Waals surface area contributed by atoms with Crippen molar-refractivity contribution in [1.29, 1.82) is 0 Å². The third-order valence-electron chi connectivity index (χ3n) is 2.92. The van der Waals surface area contributed by atoms with Gasteiger partial charge in [-0.2, -0.15) is 0 Å². The zero-order chi connectivity index (χ0) is 15.4. The molecule has 2 aromatic carbocycles. The standard InChI is InChI=1S/C16H15BrClNO2/c1-10-9-14(7-8-15(10)18)21-11(2)16(20)19-13-5-3-12(17)4-6-13/h3-9,11H,1-2H3,(H,19,20). The van der Waals surface area contributed by atoms with Gasteiger partial charge in [0.1, 0.15) is 5.75 Å². The summed E-state index contributed by atoms with van der Waals surface area (Å²) in [6.45, 7) is 3.60. The summed E-state index contributed by atoms with van der Waals surface area (Å²) >= 11 is 9.31. The number of halogens is 2. The third kappa shape index (κ3) is 4.48. The minimum Gasteiger partial charge on any atom is -0.481 e. The van der Waals surface area contributed by atoms with Crippen LogP contribution in [0.5, 0.6) is 5.75 Å². The van der Waals surface area contributed by atoms with Crippen molar-refractivity contribution in [3.8, 4) is 5.75 Å². The molecule has 2 aromatic rings. The van der Waals surface area contributed by atoms with E-state index in [2.05, 4.69) is 21.2 Å². The van der Waals surface area contributed by atoms with Gasteiger partial charge in [-0.15, -0.1) is 0 Å². The maximum absolute atomic E-state index is 12.1. The highest BCUT2D eigenvalue weighted by molar-refractivity contribution is 9.10. The van der Waals surface area contributed by atoms with Crippen LogP contribution in [0.3, 0.4) is 0 Å². The topological polar surface area (TPSA) is 38.3 Å². The lowest BCUT2D eigenvalue weighted by atomic mass is 10.2. The molecule has 0 heterocycles. The molecule has 110 valence electrons. The molecule has 2 rings (SSSR count). The van der Waals surface area contributed by atoms with Gasteiger partial charge in [-0.1, -0.05) is 27.5 Å². The van der Waals surface area contributed by atoms with Crippen LogP contribution in [0.4, 0.5) is 5.69 Å². The molecule has 3 nitrogen and oxygen atoms in total. The van der Waals surface area contributed by atoms with Crippen molar-refractivity contribution < 1.29 is 9.53 Å². The summed E-state index contributed by atoms with van der Waals surface area (Å²) in [6, 6.07) is 12.7. The van der Waals surface area contributed by atoms with E-state index in [0.29, 0.717) is 10.8 Å². The fraction of sp³-hybridized carbons (Fsp3) is 0.188. The number of hydrogen-bond donors (Lipinski definition) is 1. The van der Waals surface area contributed by atoms with Crippen LogP contribution in [-0.2, 0) is 4.79 Å². The molecule has 21 heavy (non-hydrogen) atoms. The molecule has 0 radical (unpaired) electrons. The van der Waals surface area contributed by atoms with Gasteiger partial charge < -0.3 is 10.1 Å². The second-order valence-electron chi connectivity index (χ2n) is 4.67. The average Bonchev–Trinajstić information content (AvgIpc) is 2.45. The van der Waals surface area contributed by atoms with Crippen LogP contribution in [0.2, 0.25) is 5.02 Å². The molecule has 0 spiro atoms. The Kier molecular flexibility index (Phi) is 5.26. The Morgan fingerprint density at radius 2 is 1.90 bits per heavy atom. The van der Waals surface area contributed by atoms with Crippen molar-refractivity contribution >= 4 is 39.1 Å². The van der Waals surface area contributed by atoms with Crippen LogP contribution in [0, 0.1) is 6.92 Å². The van der Waals surface area contributed by atoms with Gasteiger partial charge in [-0.3, -0.25) is 4.79 Å². The fourth-order valence-corrected chi connectivity index (χ4v) is 2.11. The Balaban J connectivity index is 1.98. The molecule has 0 saturated carbocycles. The molecular formula is C16H15BrClNO2. The number of carbonyl (C=O) groups excluding carboxylic acids is 1. The molecule has 0 bridgehead atoms. The first-order chi connectivity index (χ1) is 9.95. The molecular weight excluding hydrogens is 354 g/mol. The van der Waals surface area contributed by atoms with Gasteiger partial charge in [0.2, 0.25) is 0 Å². The van der Waals surface area contributed by atoms with Crippen LogP contribution < -0.4 is 10.1 Å². The summed E-state index contributed by atoms with van der Waals surface area (Å²) < 4.78 is 6.59. The van der Waals surface area contributed by atoms with Crippen molar-refractivity contribution in [2.45, 2.75) is 20.0 Å². The van der Waals surface area contributed by atoms with Crippen molar-refractivity contribution in [2.24, 2.45) is 0 Å². The number of amides is 1. The zero-order valence-corrected chi connectivity index (χ0v) is 14.0. The molecule has 0 aliphatic rings. The Hall–Kier alpha value is -1.52. The lowest BCUT2D eigenvalue weighted by Gasteiger charge is -2.15. The second-order valence-corrected chi connectivity index (χ2v) is 5.99. The first kappa shape index (κ1) is 15.9. The highest BCUT2D eigenvalue weighted by Gasteiger charge is 2.15. The number of aryl methyl sites for hydroxylation is 1. The maximum Gasteiger partial charge on any atom is 0.265 e. The Morgan fingerprint density at radius 3 is 2.52 bits per heavy atom. The van der Waals surface area contributed by atoms with Crippen LogP contribution in [0.15, 0.2) is 46.9 Å². The molecule has 0 aliphatic heterocycles. The van der Waals surface area contributed by atoms with Gasteiger partial charge in [0.15, 0.2) is 6.10 Å². The summed E-state index contributed by atoms with van der Waals surface area (Å²) in [5.74, 6) is 0.417. The number of carbonyl (C=O) groups is 1. The number of anilines is 1. The minimum absolute atomic E-state index is 0.204. The molecule has 0 aromatic heterocycles. The Bertz CT molecular complexity index is 643. The molecule has 1 atom stereocenters. The van der Waals surface area contributed by atoms with Crippen LogP contribution in [0.25, 0.3) is 0 Å². The van der Waals surface area contributed by atoms with E-state index >= 15 is 0 Å². The quantitative estimate of drug-likeness (QED) is 0.840. The van der Waals surface area contributed by atoms with Crippen molar-refractivity contribution in [3.63, 3.8) is 0 Å². The summed E-state index contributed by atoms with van der Waals surface area (Å²) in [5.41, 5.74) is 1.64. The number of nitrogens with one attached hydrogen (secondary N) is 1. The largest absolute Gasteiger partial charge is 0.481 e. The van der Waals surface area contributed by atoms with Crippen LogP contribution in [0.1, 0.15) is 12.5 Å². The van der Waals surface area contributed by atoms with Gasteiger partial charge in [0, 0.05) is 15.2 Å². The van der Waals surface area contributed by atoms with Gasteiger partial charge in [-0.25, -0.2) is 0 Å². The minimum atomic E-state index is -0.603. The van der Waals surface area contributed by atoms with Crippen LogP contribution >= 0.6 is 27.5 Å². The molecule has 1 N–H and O–H groups in total. The Morgan fingerprint density at radius 1 is 1.24 bits per heavy atom. The lowest BCUT2D eigenvalue weighted by molar-refractivity contribution is -0.122. The first-order valence-corrected chi connectivity index (χ1v) is 7.62. The molecule has 5 heteroatoms. The van der Waals surface area contributed by atoms with E-state index in [4.69, 9.17) is 16.3 Å². The van der Waals surface area contributed by atoms with Crippen molar-refractivity contribution in [3.05, 3.63) is 57.5 Å². The van der Waals surface area contributed by atoms with Crippen LogP contribution in [-0.4, -0.2) is 12.0 Å². The SMILES string of the molecule is Cc1cc(OC(C)C(=O)Nc2ccc(Br)cc2)ccc1Cl. The maximum atomic E-state index is 12.1. The molecule has 0 aliphatic carbocycles. The highest BCUT2D eigenvalue weighted by Crippen LogP contribution is 2.22. The van der Waals surface area contributed by atoms with Gasteiger partial charge in [0.25, 0.3) is 5.91 Å². The number of hydrogen-bond acceptors (Lipinski definition) is 2. The zero-order valence-electron chi connectivity index (χ0n) is 11.7. The fourth-order valence-electron chi connectivity index (χ4n) is 1.73. The predicted molar refractivity (Wildman–Crippen MR) is 89.1 cm³/mol. The molecule has 0 fully saturated rings. The van der Waals surface area contributed by atoms with E-state index in [1.54, 1.807) is 19.1 Å². The first-order valence-electron chi connectivity index (χ1n) is 6.45. The number of benzene rings is 2. The summed E-state index contributed by atoms with van der Waals surface area (Å²) in [4.78, 5) is 12.1. The van der Waals surface area contributed by atoms with E-state index in [-0.39, 0.29) is 5.91 Å².